The van der Waals surface area contributed by atoms with Crippen LogP contribution in [0.5, 0.6) is 0 Å². The Morgan fingerprint density at radius 3 is 2.47 bits per heavy atom. The Labute approximate surface area is 116 Å². The summed E-state index contributed by atoms with van der Waals surface area (Å²) >= 11 is 1.32. The molecule has 0 spiro atoms. The fourth-order valence-corrected chi connectivity index (χ4v) is 3.63. The quantitative estimate of drug-likeness (QED) is 0.891. The van der Waals surface area contributed by atoms with Crippen LogP contribution in [0.4, 0.5) is 5.13 Å². The molecule has 2 rings (SSSR count). The van der Waals surface area contributed by atoms with Gasteiger partial charge in [-0.15, -0.1) is 10.2 Å². The van der Waals surface area contributed by atoms with Gasteiger partial charge in [0.15, 0.2) is 9.84 Å². The lowest BCUT2D eigenvalue weighted by Crippen LogP contribution is -2.36. The van der Waals surface area contributed by atoms with E-state index in [0.717, 1.165) is 17.8 Å². The highest BCUT2D eigenvalue weighted by atomic mass is 32.2. The molecule has 1 aliphatic carbocycles. The Morgan fingerprint density at radius 1 is 1.32 bits per heavy atom. The monoisotopic (exact) mass is 303 g/mol. The normalized spacial score (nSPS) is 17.5. The first kappa shape index (κ1) is 14.4. The third-order valence-corrected chi connectivity index (χ3v) is 6.63. The van der Waals surface area contributed by atoms with Crippen molar-refractivity contribution < 1.29 is 13.2 Å². The largest absolute Gasteiger partial charge is 0.299 e. The molecule has 1 aromatic heterocycles. The molecule has 1 aromatic rings. The summed E-state index contributed by atoms with van der Waals surface area (Å²) in [6.45, 7) is 4.53. The van der Waals surface area contributed by atoms with Crippen LogP contribution in [0.3, 0.4) is 0 Å². The molecule has 6 nitrogen and oxygen atoms in total. The lowest BCUT2D eigenvalue weighted by atomic mass is 10.4. The number of anilines is 1. The van der Waals surface area contributed by atoms with Crippen LogP contribution in [0, 0.1) is 0 Å². The van der Waals surface area contributed by atoms with Gasteiger partial charge in [0.05, 0.1) is 5.25 Å². The molecule has 19 heavy (non-hydrogen) atoms. The van der Waals surface area contributed by atoms with Crippen molar-refractivity contribution in [3.05, 3.63) is 5.01 Å². The van der Waals surface area contributed by atoms with Crippen molar-refractivity contribution >= 4 is 32.2 Å². The van der Waals surface area contributed by atoms with E-state index in [1.807, 2.05) is 0 Å². The van der Waals surface area contributed by atoms with Crippen molar-refractivity contribution in [2.45, 2.75) is 50.0 Å². The fourth-order valence-electron chi connectivity index (χ4n) is 1.54. The summed E-state index contributed by atoms with van der Waals surface area (Å²) in [7, 11) is -3.45. The minimum absolute atomic E-state index is 0.373. The van der Waals surface area contributed by atoms with Crippen molar-refractivity contribution in [3.63, 3.8) is 0 Å². The summed E-state index contributed by atoms with van der Waals surface area (Å²) in [5, 5.41) is 10.0. The number of aromatic nitrogens is 2. The Bertz CT molecular complexity index is 576. The molecule has 0 bridgehead atoms. The van der Waals surface area contributed by atoms with Gasteiger partial charge < -0.3 is 0 Å². The first-order valence-corrected chi connectivity index (χ1v) is 8.62. The van der Waals surface area contributed by atoms with Crippen LogP contribution in [0.1, 0.15) is 44.5 Å². The molecule has 106 valence electrons. The molecule has 1 saturated carbocycles. The van der Waals surface area contributed by atoms with Crippen LogP contribution >= 0.6 is 11.3 Å². The highest BCUT2D eigenvalue weighted by Gasteiger charge is 2.32. The number of hydrogen-bond acceptors (Lipinski definition) is 6. The molecular weight excluding hydrogens is 286 g/mol. The lowest BCUT2D eigenvalue weighted by molar-refractivity contribution is -0.115. The lowest BCUT2D eigenvalue weighted by Gasteiger charge is -2.14. The number of amides is 1. The standard InChI is InChI=1S/C11H17N3O3S2/c1-6(2)19(16,17)7(3)9(15)12-11-14-13-10(18-11)8-4-5-8/h6-8H,4-5H2,1-3H3,(H,12,14,15)/t7-/m0/s1. The molecule has 1 amide bonds. The van der Waals surface area contributed by atoms with E-state index in [2.05, 4.69) is 15.5 Å². The zero-order valence-electron chi connectivity index (χ0n) is 11.1. The van der Waals surface area contributed by atoms with Gasteiger partial charge in [0.25, 0.3) is 0 Å². The average Bonchev–Trinajstić information content (AvgIpc) is 3.09. The fraction of sp³-hybridized carbons (Fsp3) is 0.727. The van der Waals surface area contributed by atoms with E-state index in [9.17, 15) is 13.2 Å². The van der Waals surface area contributed by atoms with E-state index in [0.29, 0.717) is 11.0 Å². The van der Waals surface area contributed by atoms with Crippen LogP contribution in [-0.4, -0.2) is 35.0 Å². The number of hydrogen-bond donors (Lipinski definition) is 1. The maximum Gasteiger partial charge on any atom is 0.244 e. The number of nitrogens with zero attached hydrogens (tertiary/aromatic N) is 2. The van der Waals surface area contributed by atoms with Crippen molar-refractivity contribution in [2.75, 3.05) is 5.32 Å². The second kappa shape index (κ2) is 5.16. The van der Waals surface area contributed by atoms with E-state index in [1.54, 1.807) is 13.8 Å². The molecular formula is C11H17N3O3S2. The highest BCUT2D eigenvalue weighted by molar-refractivity contribution is 7.93. The first-order valence-electron chi connectivity index (χ1n) is 6.19. The molecule has 0 aliphatic heterocycles. The predicted octanol–water partition coefficient (Wildman–Crippen LogP) is 1.57. The Hall–Kier alpha value is -1.02. The SMILES string of the molecule is CC(C)S(=O)(=O)[C@@H](C)C(=O)Nc1nnc(C2CC2)s1. The summed E-state index contributed by atoms with van der Waals surface area (Å²) in [6.07, 6.45) is 2.22. The molecule has 0 radical (unpaired) electrons. The second-order valence-electron chi connectivity index (χ2n) is 4.99. The number of nitrogens with one attached hydrogen (secondary N) is 1. The zero-order valence-corrected chi connectivity index (χ0v) is 12.7. The van der Waals surface area contributed by atoms with Crippen molar-refractivity contribution in [3.8, 4) is 0 Å². The topological polar surface area (TPSA) is 89.0 Å². The van der Waals surface area contributed by atoms with Gasteiger partial charge in [-0.25, -0.2) is 8.42 Å². The number of sulfone groups is 1. The maximum atomic E-state index is 11.9. The smallest absolute Gasteiger partial charge is 0.244 e. The van der Waals surface area contributed by atoms with E-state index < -0.39 is 26.2 Å². The number of carbonyl (C=O) groups excluding carboxylic acids is 1. The van der Waals surface area contributed by atoms with Gasteiger partial charge in [0, 0.05) is 5.92 Å². The Morgan fingerprint density at radius 2 is 1.95 bits per heavy atom. The van der Waals surface area contributed by atoms with E-state index in [1.165, 1.54) is 18.3 Å². The van der Waals surface area contributed by atoms with Crippen molar-refractivity contribution in [1.29, 1.82) is 0 Å². The Balaban J connectivity index is 2.03. The maximum absolute atomic E-state index is 11.9. The molecule has 1 atom stereocenters. The van der Waals surface area contributed by atoms with Crippen molar-refractivity contribution in [1.82, 2.24) is 10.2 Å². The first-order chi connectivity index (χ1) is 8.82. The van der Waals surface area contributed by atoms with E-state index in [4.69, 9.17) is 0 Å². The summed E-state index contributed by atoms with van der Waals surface area (Å²) in [5.41, 5.74) is 0. The molecule has 8 heteroatoms. The molecule has 1 fully saturated rings. The van der Waals surface area contributed by atoms with Gasteiger partial charge in [-0.2, -0.15) is 0 Å². The van der Waals surface area contributed by atoms with Crippen LogP contribution in [0.25, 0.3) is 0 Å². The molecule has 1 heterocycles. The third-order valence-electron chi connectivity index (χ3n) is 3.12. The summed E-state index contributed by atoms with van der Waals surface area (Å²) in [6, 6.07) is 0. The predicted molar refractivity (Wildman–Crippen MR) is 74.0 cm³/mol. The summed E-state index contributed by atoms with van der Waals surface area (Å²) < 4.78 is 23.8. The molecule has 0 saturated heterocycles. The highest BCUT2D eigenvalue weighted by Crippen LogP contribution is 2.42. The van der Waals surface area contributed by atoms with E-state index >= 15 is 0 Å². The van der Waals surface area contributed by atoms with Gasteiger partial charge >= 0.3 is 0 Å². The minimum atomic E-state index is -3.45. The average molecular weight is 303 g/mol. The van der Waals surface area contributed by atoms with Gasteiger partial charge in [0.2, 0.25) is 11.0 Å². The van der Waals surface area contributed by atoms with Gasteiger partial charge in [-0.05, 0) is 33.6 Å². The zero-order chi connectivity index (χ0) is 14.2. The second-order valence-corrected chi connectivity index (χ2v) is 8.83. The molecule has 1 N–H and O–H groups in total. The minimum Gasteiger partial charge on any atom is -0.299 e. The molecule has 0 aromatic carbocycles. The van der Waals surface area contributed by atoms with Crippen LogP contribution < -0.4 is 5.32 Å². The third kappa shape index (κ3) is 3.11. The van der Waals surface area contributed by atoms with Gasteiger partial charge in [0.1, 0.15) is 10.3 Å². The number of rotatable bonds is 5. The van der Waals surface area contributed by atoms with E-state index in [-0.39, 0.29) is 0 Å². The van der Waals surface area contributed by atoms with Gasteiger partial charge in [-0.3, -0.25) is 10.1 Å². The van der Waals surface area contributed by atoms with Crippen molar-refractivity contribution in [2.24, 2.45) is 0 Å². The number of carbonyl (C=O) groups is 1. The van der Waals surface area contributed by atoms with Crippen LogP contribution in [0.15, 0.2) is 0 Å². The van der Waals surface area contributed by atoms with Gasteiger partial charge in [-0.1, -0.05) is 11.3 Å². The molecule has 0 unspecified atom stereocenters. The molecule has 1 aliphatic rings. The Kier molecular flexibility index (Phi) is 3.91. The summed E-state index contributed by atoms with van der Waals surface area (Å²) in [4.78, 5) is 11.9. The van der Waals surface area contributed by atoms with Crippen LogP contribution in [-0.2, 0) is 14.6 Å². The summed E-state index contributed by atoms with van der Waals surface area (Å²) in [5.74, 6) is -0.0767. The van der Waals surface area contributed by atoms with Crippen LogP contribution in [0.2, 0.25) is 0 Å².